The van der Waals surface area contributed by atoms with Crippen LogP contribution < -0.4 is 5.32 Å². The molecule has 4 aliphatic heterocycles. The van der Waals surface area contributed by atoms with Gasteiger partial charge in [0, 0.05) is 30.6 Å². The van der Waals surface area contributed by atoms with Crippen molar-refractivity contribution in [1.82, 2.24) is 30.1 Å². The van der Waals surface area contributed by atoms with Crippen LogP contribution in [0.5, 0.6) is 0 Å². The molecule has 1 spiro atoms. The van der Waals surface area contributed by atoms with Crippen molar-refractivity contribution in [3.63, 3.8) is 0 Å². The van der Waals surface area contributed by atoms with Gasteiger partial charge >= 0.3 is 5.97 Å². The Morgan fingerprint density at radius 1 is 1.14 bits per heavy atom. The fraction of sp³-hybridized carbons (Fsp3) is 0.533. The minimum Gasteiger partial charge on any atom is -0.460 e. The Hall–Kier alpha value is -3.62. The topological polar surface area (TPSA) is 156 Å². The summed E-state index contributed by atoms with van der Waals surface area (Å²) < 4.78 is 14.4. The number of cyclic esters (lactones) is 1. The second-order valence-corrected chi connectivity index (χ2v) is 12.5. The Bertz CT molecular complexity index is 1530. The number of esters is 1. The molecule has 0 aliphatic carbocycles. The van der Waals surface area contributed by atoms with Gasteiger partial charge in [0.05, 0.1) is 18.0 Å². The van der Waals surface area contributed by atoms with E-state index in [-0.39, 0.29) is 57.1 Å². The molecule has 2 fully saturated rings. The Labute approximate surface area is 262 Å². The van der Waals surface area contributed by atoms with Crippen molar-refractivity contribution in [3.8, 4) is 0 Å². The monoisotopic (exact) mass is 670 g/mol. The van der Waals surface area contributed by atoms with Gasteiger partial charge in [0.15, 0.2) is 0 Å². The largest absolute Gasteiger partial charge is 0.460 e. The maximum atomic E-state index is 14.7. The van der Waals surface area contributed by atoms with E-state index in [0.29, 0.717) is 29.3 Å². The lowest BCUT2D eigenvalue weighted by molar-refractivity contribution is -0.158. The van der Waals surface area contributed by atoms with Gasteiger partial charge in [-0.25, -0.2) is 4.68 Å². The van der Waals surface area contributed by atoms with Crippen LogP contribution in [0.25, 0.3) is 11.0 Å². The van der Waals surface area contributed by atoms with E-state index in [1.807, 2.05) is 36.4 Å². The average molecular weight is 672 g/mol. The number of carbonyl (C=O) groups is 4. The van der Waals surface area contributed by atoms with Gasteiger partial charge in [0.2, 0.25) is 11.8 Å². The lowest BCUT2D eigenvalue weighted by atomic mass is 9.74. The van der Waals surface area contributed by atoms with Crippen molar-refractivity contribution in [3.05, 3.63) is 47.0 Å². The van der Waals surface area contributed by atoms with Crippen LogP contribution in [0.1, 0.15) is 32.6 Å². The van der Waals surface area contributed by atoms with Gasteiger partial charge in [0.25, 0.3) is 5.91 Å². The van der Waals surface area contributed by atoms with Gasteiger partial charge < -0.3 is 29.7 Å². The molecule has 6 atom stereocenters. The van der Waals surface area contributed by atoms with Crippen molar-refractivity contribution >= 4 is 50.7 Å². The van der Waals surface area contributed by atoms with Gasteiger partial charge in [0.1, 0.15) is 42.0 Å². The molecule has 2 aromatic rings. The lowest BCUT2D eigenvalue weighted by Gasteiger charge is -2.35. The average Bonchev–Trinajstić information content (AvgIpc) is 3.72. The molecule has 0 unspecified atom stereocenters. The summed E-state index contributed by atoms with van der Waals surface area (Å²) in [5.41, 5.74) is 0.00563. The number of nitrogens with one attached hydrogen (secondary N) is 1. The van der Waals surface area contributed by atoms with E-state index in [2.05, 4.69) is 31.6 Å². The van der Waals surface area contributed by atoms with Crippen LogP contribution in [0, 0.1) is 11.8 Å². The number of unbranched alkanes of at least 4 members (excludes halogenated alkanes) is 1. The second-order valence-electron chi connectivity index (χ2n) is 11.6. The summed E-state index contributed by atoms with van der Waals surface area (Å²) >= 11 is 3.54. The fourth-order valence-electron chi connectivity index (χ4n) is 6.67. The number of fused-ring (bicyclic) bond motifs is 3. The molecule has 1 aromatic heterocycles. The summed E-state index contributed by atoms with van der Waals surface area (Å²) in [5.74, 6) is -3.53. The number of hydrogen-bond donors (Lipinski definition) is 2. The molecule has 14 heteroatoms. The van der Waals surface area contributed by atoms with Gasteiger partial charge in [-0.05, 0) is 44.4 Å². The highest BCUT2D eigenvalue weighted by Gasteiger charge is 2.74. The number of para-hydroxylation sites is 1. The third-order valence-electron chi connectivity index (χ3n) is 8.71. The quantitative estimate of drug-likeness (QED) is 0.262. The van der Waals surface area contributed by atoms with E-state index >= 15 is 0 Å². The molecule has 5 heterocycles. The Morgan fingerprint density at radius 3 is 2.77 bits per heavy atom. The molecular formula is C30H35BrN6O7. The molecule has 0 radical (unpaired) electrons. The normalized spacial score (nSPS) is 31.7. The maximum Gasteiger partial charge on any atom is 0.313 e. The Balaban J connectivity index is 1.42. The number of amides is 3. The fourth-order valence-corrected chi connectivity index (χ4v) is 7.41. The van der Waals surface area contributed by atoms with Gasteiger partial charge in [-0.1, -0.05) is 45.4 Å². The van der Waals surface area contributed by atoms with Crippen LogP contribution in [-0.4, -0.2) is 104 Å². The zero-order valence-corrected chi connectivity index (χ0v) is 25.9. The van der Waals surface area contributed by atoms with E-state index in [9.17, 15) is 24.3 Å². The highest BCUT2D eigenvalue weighted by Crippen LogP contribution is 2.59. The predicted molar refractivity (Wildman–Crippen MR) is 160 cm³/mol. The van der Waals surface area contributed by atoms with Gasteiger partial charge in [-0.2, -0.15) is 0 Å². The summed E-state index contributed by atoms with van der Waals surface area (Å²) in [5, 5.41) is 20.8. The van der Waals surface area contributed by atoms with Crippen LogP contribution in [0.15, 0.2) is 47.0 Å². The molecule has 6 rings (SSSR count). The molecule has 1 aromatic carbocycles. The smallest absolute Gasteiger partial charge is 0.313 e. The molecule has 4 aliphatic rings. The molecule has 44 heavy (non-hydrogen) atoms. The standard InChI is InChI=1S/C30H35BrN6O7/c1-18-16-32-22(39)11-3-2-6-12-35(17-37-21-10-5-4-9-20(21)33-34-37)28(41)26-30-15-19(31)25(44-30)23(29(42)43-18)24(30)27(40)36(26)13-7-8-14-38/h2,4-6,9-10,15,18,23-26,38H,3,7-8,11-14,16-17H2,1H3,(H,32,39)/b6-2-/t18-,23+,24-,25+,26+,30-/m0/s1. The number of aliphatic hydroxyl groups is 1. The number of carbonyl (C=O) groups excluding carboxylic acids is 4. The van der Waals surface area contributed by atoms with Crippen LogP contribution in [0.3, 0.4) is 0 Å². The van der Waals surface area contributed by atoms with Crippen molar-refractivity contribution in [1.29, 1.82) is 0 Å². The first-order valence-electron chi connectivity index (χ1n) is 14.9. The predicted octanol–water partition coefficient (Wildman–Crippen LogP) is 1.26. The molecule has 3 amide bonds. The summed E-state index contributed by atoms with van der Waals surface area (Å²) in [7, 11) is 0. The Kier molecular flexibility index (Phi) is 8.57. The number of allylic oxidation sites excluding steroid dienone is 1. The second kappa shape index (κ2) is 12.4. The van der Waals surface area contributed by atoms with Gasteiger partial charge in [-0.3, -0.25) is 19.2 Å². The third kappa shape index (κ3) is 5.32. The summed E-state index contributed by atoms with van der Waals surface area (Å²) in [6.07, 6.45) is 5.56. The zero-order chi connectivity index (χ0) is 31.0. The number of aliphatic hydroxyl groups excluding tert-OH is 1. The summed E-state index contributed by atoms with van der Waals surface area (Å²) in [6, 6.07) is 6.34. The molecular weight excluding hydrogens is 636 g/mol. The van der Waals surface area contributed by atoms with Crippen molar-refractivity contribution in [2.75, 3.05) is 26.2 Å². The van der Waals surface area contributed by atoms with Crippen LogP contribution >= 0.6 is 15.9 Å². The third-order valence-corrected chi connectivity index (χ3v) is 9.39. The first kappa shape index (κ1) is 30.4. The van der Waals surface area contributed by atoms with Crippen LogP contribution in [0.4, 0.5) is 0 Å². The van der Waals surface area contributed by atoms with Crippen molar-refractivity contribution in [2.45, 2.75) is 63.1 Å². The van der Waals surface area contributed by atoms with Crippen LogP contribution in [0.2, 0.25) is 0 Å². The van der Waals surface area contributed by atoms with E-state index in [4.69, 9.17) is 9.47 Å². The SMILES string of the molecule is C[C@H]1CNC(=O)CC/C=C\CN(Cn2nnc3ccccc32)C(=O)[C@H]2N(CCCCO)C(=O)[C@@H]3[C@@H](C(=O)O1)[C@@H]1O[C@@]32C=C1Br. The van der Waals surface area contributed by atoms with Crippen molar-refractivity contribution < 1.29 is 33.8 Å². The Morgan fingerprint density at radius 2 is 1.95 bits per heavy atom. The molecule has 2 N–H and O–H groups in total. The summed E-state index contributed by atoms with van der Waals surface area (Å²) in [4.78, 5) is 58.1. The van der Waals surface area contributed by atoms with Crippen LogP contribution in [-0.2, 0) is 35.3 Å². The first-order valence-corrected chi connectivity index (χ1v) is 15.7. The summed E-state index contributed by atoms with van der Waals surface area (Å²) in [6.45, 7) is 2.16. The number of benzene rings is 1. The number of rotatable bonds is 6. The van der Waals surface area contributed by atoms with E-state index in [1.165, 1.54) is 4.90 Å². The molecule has 0 saturated carbocycles. The minimum absolute atomic E-state index is 0.0391. The minimum atomic E-state index is -1.40. The molecule has 13 nitrogen and oxygen atoms in total. The van der Waals surface area contributed by atoms with Crippen molar-refractivity contribution in [2.24, 2.45) is 11.8 Å². The number of nitrogens with zero attached hydrogens (tertiary/aromatic N) is 5. The molecule has 5 bridgehead atoms. The number of likely N-dealkylation sites (tertiary alicyclic amines) is 1. The number of ether oxygens (including phenoxy) is 2. The number of hydrogen-bond acceptors (Lipinski definition) is 9. The first-order chi connectivity index (χ1) is 21.2. The lowest BCUT2D eigenvalue weighted by Crippen LogP contribution is -2.56. The number of halogens is 1. The van der Waals surface area contributed by atoms with E-state index in [0.717, 1.165) is 5.52 Å². The van der Waals surface area contributed by atoms with Gasteiger partial charge in [-0.15, -0.1) is 5.10 Å². The maximum absolute atomic E-state index is 14.7. The van der Waals surface area contributed by atoms with E-state index < -0.39 is 41.7 Å². The highest BCUT2D eigenvalue weighted by atomic mass is 79.9. The molecule has 2 saturated heterocycles. The molecule has 234 valence electrons. The van der Waals surface area contributed by atoms with E-state index in [1.54, 1.807) is 22.6 Å². The zero-order valence-electron chi connectivity index (χ0n) is 24.3. The number of aromatic nitrogens is 3. The highest BCUT2D eigenvalue weighted by molar-refractivity contribution is 9.11.